The lowest BCUT2D eigenvalue weighted by Gasteiger charge is -2.07. The number of carbonyl (C=O) groups is 1. The molecule has 0 radical (unpaired) electrons. The molecule has 94 valence electrons. The summed E-state index contributed by atoms with van der Waals surface area (Å²) in [7, 11) is 1.32. The van der Waals surface area contributed by atoms with Crippen molar-refractivity contribution in [1.29, 1.82) is 0 Å². The van der Waals surface area contributed by atoms with Crippen LogP contribution in [0.5, 0.6) is 0 Å². The molecule has 0 fully saturated rings. The molecule has 0 aliphatic carbocycles. The highest BCUT2D eigenvalue weighted by atomic mass is 19.1. The summed E-state index contributed by atoms with van der Waals surface area (Å²) in [5.41, 5.74) is 0. The lowest BCUT2D eigenvalue weighted by Crippen LogP contribution is -2.12. The number of hydrogen-bond acceptors (Lipinski definition) is 4. The van der Waals surface area contributed by atoms with E-state index >= 15 is 0 Å². The second-order valence-corrected chi connectivity index (χ2v) is 3.30. The van der Waals surface area contributed by atoms with E-state index in [4.69, 9.17) is 0 Å². The summed E-state index contributed by atoms with van der Waals surface area (Å²) < 4.78 is 17.7. The van der Waals surface area contributed by atoms with Crippen molar-refractivity contribution >= 4 is 5.97 Å². The molecule has 0 rings (SSSR count). The molecular formula is C11H19FO4. The highest BCUT2D eigenvalue weighted by molar-refractivity contribution is 5.71. The molecule has 5 heteroatoms. The maximum Gasteiger partial charge on any atom is 0.308 e. The Morgan fingerprint density at radius 1 is 1.44 bits per heavy atom. The zero-order valence-corrected chi connectivity index (χ0v) is 9.99. The molecule has 16 heavy (non-hydrogen) atoms. The fourth-order valence-corrected chi connectivity index (χ4v) is 1.03. The van der Waals surface area contributed by atoms with Crippen LogP contribution in [-0.2, 0) is 19.3 Å². The molecule has 1 unspecified atom stereocenters. The third-order valence-corrected chi connectivity index (χ3v) is 1.99. The SMILES string of the molecule is CCOOC/C=C(/F)CCC(C)C(=O)OC. The number of methoxy groups -OCH3 is 1. The summed E-state index contributed by atoms with van der Waals surface area (Å²) >= 11 is 0. The van der Waals surface area contributed by atoms with Crippen LogP contribution in [0, 0.1) is 5.92 Å². The maximum atomic E-state index is 13.1. The Morgan fingerprint density at radius 2 is 2.12 bits per heavy atom. The van der Waals surface area contributed by atoms with Gasteiger partial charge in [-0.05, 0) is 25.8 Å². The molecule has 0 aromatic heterocycles. The second kappa shape index (κ2) is 9.30. The smallest absolute Gasteiger partial charge is 0.308 e. The third-order valence-electron chi connectivity index (χ3n) is 1.99. The van der Waals surface area contributed by atoms with E-state index in [1.165, 1.54) is 13.2 Å². The Bertz CT molecular complexity index is 228. The molecule has 0 spiro atoms. The van der Waals surface area contributed by atoms with Gasteiger partial charge in [0.1, 0.15) is 6.61 Å². The first-order valence-electron chi connectivity index (χ1n) is 5.28. The van der Waals surface area contributed by atoms with Gasteiger partial charge in [-0.15, -0.1) is 0 Å². The molecule has 0 aromatic rings. The fraction of sp³-hybridized carbons (Fsp3) is 0.727. The molecule has 1 atom stereocenters. The van der Waals surface area contributed by atoms with Gasteiger partial charge in [0.2, 0.25) is 0 Å². The molecule has 0 aliphatic heterocycles. The minimum absolute atomic E-state index is 0.0757. The summed E-state index contributed by atoms with van der Waals surface area (Å²) in [6, 6.07) is 0. The molecular weight excluding hydrogens is 215 g/mol. The van der Waals surface area contributed by atoms with Crippen molar-refractivity contribution in [3.05, 3.63) is 11.9 Å². The van der Waals surface area contributed by atoms with Crippen molar-refractivity contribution < 1.29 is 23.7 Å². The van der Waals surface area contributed by atoms with Crippen molar-refractivity contribution in [3.63, 3.8) is 0 Å². The van der Waals surface area contributed by atoms with Crippen LogP contribution in [0.1, 0.15) is 26.7 Å². The predicted octanol–water partition coefficient (Wildman–Crippen LogP) is 2.40. The van der Waals surface area contributed by atoms with Crippen molar-refractivity contribution in [3.8, 4) is 0 Å². The third kappa shape index (κ3) is 7.36. The van der Waals surface area contributed by atoms with Gasteiger partial charge >= 0.3 is 5.97 Å². The minimum Gasteiger partial charge on any atom is -0.469 e. The predicted molar refractivity (Wildman–Crippen MR) is 57.2 cm³/mol. The fourth-order valence-electron chi connectivity index (χ4n) is 1.03. The molecule has 0 amide bonds. The highest BCUT2D eigenvalue weighted by Crippen LogP contribution is 2.14. The van der Waals surface area contributed by atoms with Crippen LogP contribution in [0.2, 0.25) is 0 Å². The Labute approximate surface area is 95.3 Å². The van der Waals surface area contributed by atoms with Crippen LogP contribution >= 0.6 is 0 Å². The van der Waals surface area contributed by atoms with Crippen LogP contribution in [0.25, 0.3) is 0 Å². The molecule has 0 aromatic carbocycles. The molecule has 0 saturated carbocycles. The van der Waals surface area contributed by atoms with Crippen molar-refractivity contribution in [2.75, 3.05) is 20.3 Å². The van der Waals surface area contributed by atoms with E-state index < -0.39 is 0 Å². The van der Waals surface area contributed by atoms with Gasteiger partial charge in [-0.1, -0.05) is 6.92 Å². The second-order valence-electron chi connectivity index (χ2n) is 3.30. The monoisotopic (exact) mass is 234 g/mol. The number of carbonyl (C=O) groups excluding carboxylic acids is 1. The van der Waals surface area contributed by atoms with Gasteiger partial charge in [0.25, 0.3) is 0 Å². The number of allylic oxidation sites excluding steroid dienone is 1. The summed E-state index contributed by atoms with van der Waals surface area (Å²) in [4.78, 5) is 20.2. The van der Waals surface area contributed by atoms with Crippen molar-refractivity contribution in [2.45, 2.75) is 26.7 Å². The molecule has 0 bridgehead atoms. The van der Waals surface area contributed by atoms with Gasteiger partial charge in [-0.2, -0.15) is 0 Å². The van der Waals surface area contributed by atoms with E-state index in [-0.39, 0.29) is 30.7 Å². The molecule has 0 aliphatic rings. The minimum atomic E-state index is -0.321. The van der Waals surface area contributed by atoms with E-state index in [0.717, 1.165) is 0 Å². The first-order chi connectivity index (χ1) is 7.61. The van der Waals surface area contributed by atoms with Crippen LogP contribution in [0.4, 0.5) is 4.39 Å². The summed E-state index contributed by atoms with van der Waals surface area (Å²) in [5, 5.41) is 0. The summed E-state index contributed by atoms with van der Waals surface area (Å²) in [6.45, 7) is 3.98. The standard InChI is InChI=1S/C11H19FO4/c1-4-15-16-8-7-10(12)6-5-9(2)11(13)14-3/h7,9H,4-6,8H2,1-3H3/b10-7+. The molecule has 4 nitrogen and oxygen atoms in total. The Morgan fingerprint density at radius 3 is 2.69 bits per heavy atom. The largest absolute Gasteiger partial charge is 0.469 e. The first kappa shape index (κ1) is 15.1. The average molecular weight is 234 g/mol. The van der Waals surface area contributed by atoms with E-state index in [1.807, 2.05) is 0 Å². The number of halogens is 1. The van der Waals surface area contributed by atoms with Gasteiger partial charge in [0.05, 0.1) is 25.5 Å². The quantitative estimate of drug-likeness (QED) is 0.280. The van der Waals surface area contributed by atoms with Gasteiger partial charge < -0.3 is 4.74 Å². The number of esters is 1. The zero-order valence-electron chi connectivity index (χ0n) is 9.99. The molecule has 0 saturated heterocycles. The number of rotatable bonds is 8. The Hall–Kier alpha value is -0.940. The van der Waals surface area contributed by atoms with Gasteiger partial charge in [-0.3, -0.25) is 4.79 Å². The molecule has 0 N–H and O–H groups in total. The van der Waals surface area contributed by atoms with E-state index in [0.29, 0.717) is 13.0 Å². The van der Waals surface area contributed by atoms with E-state index in [1.54, 1.807) is 13.8 Å². The average Bonchev–Trinajstić information content (AvgIpc) is 2.30. The van der Waals surface area contributed by atoms with Crippen molar-refractivity contribution in [2.24, 2.45) is 5.92 Å². The lowest BCUT2D eigenvalue weighted by molar-refractivity contribution is -0.282. The van der Waals surface area contributed by atoms with E-state index in [2.05, 4.69) is 14.5 Å². The highest BCUT2D eigenvalue weighted by Gasteiger charge is 2.13. The van der Waals surface area contributed by atoms with Crippen LogP contribution in [-0.4, -0.2) is 26.3 Å². The maximum absolute atomic E-state index is 13.1. The zero-order chi connectivity index (χ0) is 12.4. The van der Waals surface area contributed by atoms with Crippen LogP contribution < -0.4 is 0 Å². The first-order valence-corrected chi connectivity index (χ1v) is 5.28. The van der Waals surface area contributed by atoms with Crippen LogP contribution in [0.15, 0.2) is 11.9 Å². The Balaban J connectivity index is 3.70. The van der Waals surface area contributed by atoms with Gasteiger partial charge in [0.15, 0.2) is 0 Å². The van der Waals surface area contributed by atoms with Gasteiger partial charge in [-0.25, -0.2) is 14.2 Å². The number of ether oxygens (including phenoxy) is 1. The lowest BCUT2D eigenvalue weighted by atomic mass is 10.1. The van der Waals surface area contributed by atoms with Crippen LogP contribution in [0.3, 0.4) is 0 Å². The Kier molecular flexibility index (Phi) is 8.75. The molecule has 0 heterocycles. The summed E-state index contributed by atoms with van der Waals surface area (Å²) in [6.07, 6.45) is 1.91. The van der Waals surface area contributed by atoms with Crippen molar-refractivity contribution in [1.82, 2.24) is 0 Å². The van der Waals surface area contributed by atoms with E-state index in [9.17, 15) is 9.18 Å². The van der Waals surface area contributed by atoms with Gasteiger partial charge in [0, 0.05) is 0 Å². The number of hydrogen-bond donors (Lipinski definition) is 0. The normalized spacial score (nSPS) is 13.6. The summed E-state index contributed by atoms with van der Waals surface area (Å²) in [5.74, 6) is -0.925. The topological polar surface area (TPSA) is 44.8 Å².